The summed E-state index contributed by atoms with van der Waals surface area (Å²) in [4.78, 5) is 12.3. The molecule has 0 fully saturated rings. The average molecular weight is 303 g/mol. The van der Waals surface area contributed by atoms with E-state index in [9.17, 15) is 18.7 Å². The number of nitrogens with zero attached hydrogens (tertiary/aromatic N) is 2. The smallest absolute Gasteiger partial charge is 0.276 e. The molecule has 0 radical (unpaired) electrons. The van der Waals surface area contributed by atoms with Gasteiger partial charge in [-0.2, -0.15) is 0 Å². The topological polar surface area (TPSA) is 47.2 Å². The van der Waals surface area contributed by atoms with E-state index in [0.29, 0.717) is 19.2 Å². The Morgan fingerprint density at radius 1 is 1.15 bits per heavy atom. The molecule has 1 N–H and O–H groups in total. The molecule has 0 aliphatic carbocycles. The van der Waals surface area contributed by atoms with Crippen molar-refractivity contribution in [2.24, 2.45) is 0 Å². The number of phenols is 1. The highest BCUT2D eigenvalue weighted by Crippen LogP contribution is 2.31. The quantitative estimate of drug-likeness (QED) is 0.947. The van der Waals surface area contributed by atoms with Gasteiger partial charge in [0, 0.05) is 24.7 Å². The lowest BCUT2D eigenvalue weighted by molar-refractivity contribution is 0.428. The van der Waals surface area contributed by atoms with Gasteiger partial charge in [0.15, 0.2) is 11.6 Å². The monoisotopic (exact) mass is 302 g/mol. The lowest BCUT2D eigenvalue weighted by atomic mass is 10.1. The molecule has 1 aromatic carbocycles. The van der Waals surface area contributed by atoms with E-state index in [0.717, 1.165) is 6.07 Å². The fourth-order valence-electron chi connectivity index (χ4n) is 2.14. The van der Waals surface area contributed by atoms with Crippen LogP contribution >= 0.6 is 11.6 Å². The first kappa shape index (κ1) is 14.6. The molecule has 1 aromatic heterocycles. The molecule has 0 aliphatic rings. The number of benzene rings is 1. The normalized spacial score (nSPS) is 11.1. The van der Waals surface area contributed by atoms with Crippen LogP contribution in [0.15, 0.2) is 16.9 Å². The number of hydrogen-bond acceptors (Lipinski definition) is 2. The van der Waals surface area contributed by atoms with Crippen LogP contribution in [-0.4, -0.2) is 14.5 Å². The van der Waals surface area contributed by atoms with Crippen molar-refractivity contribution in [1.29, 1.82) is 0 Å². The summed E-state index contributed by atoms with van der Waals surface area (Å²) in [7, 11) is 0. The Hall–Kier alpha value is -1.82. The summed E-state index contributed by atoms with van der Waals surface area (Å²) in [5.74, 6) is -2.77. The molecular weight excluding hydrogens is 290 g/mol. The first-order valence-corrected chi connectivity index (χ1v) is 6.47. The van der Waals surface area contributed by atoms with E-state index in [-0.39, 0.29) is 16.3 Å². The van der Waals surface area contributed by atoms with Crippen molar-refractivity contribution in [3.05, 3.63) is 39.3 Å². The van der Waals surface area contributed by atoms with Crippen LogP contribution in [0.25, 0.3) is 11.1 Å². The number of rotatable bonds is 3. The fraction of sp³-hybridized carbons (Fsp3) is 0.308. The predicted molar refractivity (Wildman–Crippen MR) is 72.1 cm³/mol. The summed E-state index contributed by atoms with van der Waals surface area (Å²) >= 11 is 6.11. The van der Waals surface area contributed by atoms with Crippen LogP contribution in [0.5, 0.6) is 5.75 Å². The van der Waals surface area contributed by atoms with Crippen molar-refractivity contribution in [2.45, 2.75) is 26.9 Å². The van der Waals surface area contributed by atoms with Gasteiger partial charge in [-0.25, -0.2) is 13.5 Å². The van der Waals surface area contributed by atoms with Gasteiger partial charge in [0.1, 0.15) is 11.0 Å². The molecule has 108 valence electrons. The molecule has 0 aliphatic heterocycles. The van der Waals surface area contributed by atoms with Crippen LogP contribution in [0.2, 0.25) is 5.15 Å². The summed E-state index contributed by atoms with van der Waals surface area (Å²) in [6.07, 6.45) is 0. The summed E-state index contributed by atoms with van der Waals surface area (Å²) in [5, 5.41) is 9.42. The molecule has 2 aromatic rings. The van der Waals surface area contributed by atoms with Gasteiger partial charge in [0.25, 0.3) is 5.56 Å². The summed E-state index contributed by atoms with van der Waals surface area (Å²) in [6, 6.07) is 1.40. The second kappa shape index (κ2) is 5.28. The van der Waals surface area contributed by atoms with Gasteiger partial charge in [-0.1, -0.05) is 11.6 Å². The predicted octanol–water partition coefficient (Wildman–Crippen LogP) is 2.99. The summed E-state index contributed by atoms with van der Waals surface area (Å²) < 4.78 is 29.8. The lowest BCUT2D eigenvalue weighted by Gasteiger charge is -2.07. The molecule has 2 rings (SSSR count). The molecule has 0 atom stereocenters. The van der Waals surface area contributed by atoms with Crippen LogP contribution in [0.3, 0.4) is 0 Å². The van der Waals surface area contributed by atoms with Gasteiger partial charge >= 0.3 is 0 Å². The van der Waals surface area contributed by atoms with E-state index in [2.05, 4.69) is 0 Å². The third-order valence-corrected chi connectivity index (χ3v) is 3.46. The van der Waals surface area contributed by atoms with E-state index < -0.39 is 22.9 Å². The molecule has 0 saturated heterocycles. The first-order valence-electron chi connectivity index (χ1n) is 6.09. The largest absolute Gasteiger partial charge is 0.505 e. The van der Waals surface area contributed by atoms with Crippen molar-refractivity contribution in [3.63, 3.8) is 0 Å². The highest BCUT2D eigenvalue weighted by molar-refractivity contribution is 6.32. The van der Waals surface area contributed by atoms with Gasteiger partial charge < -0.3 is 5.11 Å². The maximum atomic E-state index is 13.9. The molecule has 0 spiro atoms. The molecule has 0 bridgehead atoms. The molecule has 20 heavy (non-hydrogen) atoms. The van der Waals surface area contributed by atoms with Gasteiger partial charge in [0.05, 0.1) is 5.56 Å². The third kappa shape index (κ3) is 2.10. The average Bonchev–Trinajstić information content (AvgIpc) is 2.64. The van der Waals surface area contributed by atoms with Gasteiger partial charge in [-0.3, -0.25) is 9.48 Å². The lowest BCUT2D eigenvalue weighted by Crippen LogP contribution is -2.22. The maximum absolute atomic E-state index is 13.9. The Balaban J connectivity index is 2.80. The molecule has 7 heteroatoms. The molecule has 0 unspecified atom stereocenters. The van der Waals surface area contributed by atoms with Gasteiger partial charge in [-0.05, 0) is 19.9 Å². The Morgan fingerprint density at radius 3 is 2.25 bits per heavy atom. The van der Waals surface area contributed by atoms with Crippen LogP contribution in [0.1, 0.15) is 13.8 Å². The van der Waals surface area contributed by atoms with Crippen molar-refractivity contribution >= 4 is 11.6 Å². The minimum atomic E-state index is -1.09. The zero-order chi connectivity index (χ0) is 15.0. The zero-order valence-electron chi connectivity index (χ0n) is 11.0. The molecular formula is C13H13ClF2N2O2. The van der Waals surface area contributed by atoms with Gasteiger partial charge in [0.2, 0.25) is 0 Å². The van der Waals surface area contributed by atoms with E-state index in [1.807, 2.05) is 0 Å². The zero-order valence-corrected chi connectivity index (χ0v) is 11.7. The van der Waals surface area contributed by atoms with Crippen molar-refractivity contribution in [2.75, 3.05) is 0 Å². The SMILES string of the molecule is CCn1c(Cl)c(-c2cc(O)c(F)cc2F)c(=O)n1CC. The maximum Gasteiger partial charge on any atom is 0.276 e. The van der Waals surface area contributed by atoms with E-state index in [1.54, 1.807) is 13.8 Å². The molecule has 0 saturated carbocycles. The first-order chi connectivity index (χ1) is 9.42. The van der Waals surface area contributed by atoms with Crippen LogP contribution in [0, 0.1) is 11.6 Å². The number of aromatic hydroxyl groups is 1. The van der Waals surface area contributed by atoms with Crippen LogP contribution in [-0.2, 0) is 13.1 Å². The van der Waals surface area contributed by atoms with E-state index in [1.165, 1.54) is 9.36 Å². The Labute approximate surface area is 118 Å². The Bertz CT molecular complexity index is 722. The Kier molecular flexibility index (Phi) is 3.85. The highest BCUT2D eigenvalue weighted by atomic mass is 35.5. The summed E-state index contributed by atoms with van der Waals surface area (Å²) in [5.41, 5.74) is -0.777. The second-order valence-corrected chi connectivity index (χ2v) is 4.54. The van der Waals surface area contributed by atoms with E-state index in [4.69, 9.17) is 11.6 Å². The van der Waals surface area contributed by atoms with Crippen LogP contribution < -0.4 is 5.56 Å². The van der Waals surface area contributed by atoms with Crippen molar-refractivity contribution in [1.82, 2.24) is 9.36 Å². The van der Waals surface area contributed by atoms with Crippen LogP contribution in [0.4, 0.5) is 8.78 Å². The third-order valence-electron chi connectivity index (χ3n) is 3.08. The van der Waals surface area contributed by atoms with Gasteiger partial charge in [-0.15, -0.1) is 0 Å². The fourth-order valence-corrected chi connectivity index (χ4v) is 2.53. The Morgan fingerprint density at radius 2 is 1.75 bits per heavy atom. The minimum Gasteiger partial charge on any atom is -0.505 e. The molecule has 0 amide bonds. The number of aromatic nitrogens is 2. The number of phenolic OH excluding ortho intramolecular Hbond substituents is 1. The number of hydrogen-bond donors (Lipinski definition) is 1. The molecule has 1 heterocycles. The van der Waals surface area contributed by atoms with Crippen molar-refractivity contribution in [3.8, 4) is 16.9 Å². The molecule has 4 nitrogen and oxygen atoms in total. The number of halogens is 3. The standard InChI is InChI=1S/C13H13ClF2N2O2/c1-3-17-12(14)11(13(20)18(17)4-2)7-5-10(19)9(16)6-8(7)15/h5-6,19H,3-4H2,1-2H3. The van der Waals surface area contributed by atoms with E-state index >= 15 is 0 Å². The highest BCUT2D eigenvalue weighted by Gasteiger charge is 2.22. The summed E-state index contributed by atoms with van der Waals surface area (Å²) in [6.45, 7) is 4.34. The second-order valence-electron chi connectivity index (χ2n) is 4.19. The van der Waals surface area contributed by atoms with Crippen molar-refractivity contribution < 1.29 is 13.9 Å². The minimum absolute atomic E-state index is 0.0595.